The highest BCUT2D eigenvalue weighted by Crippen LogP contribution is 2.16. The number of anilines is 1. The molecule has 0 fully saturated rings. The summed E-state index contributed by atoms with van der Waals surface area (Å²) in [7, 11) is 0. The summed E-state index contributed by atoms with van der Waals surface area (Å²) in [5.74, 6) is 0.238. The number of aliphatic hydroxyl groups excluding tert-OH is 1. The van der Waals surface area contributed by atoms with Crippen molar-refractivity contribution in [2.75, 3.05) is 18.5 Å². The van der Waals surface area contributed by atoms with Crippen LogP contribution in [0.3, 0.4) is 0 Å². The molecular weight excluding hydrogens is 269 g/mol. The molecule has 0 aliphatic heterocycles. The van der Waals surface area contributed by atoms with Crippen LogP contribution in [-0.4, -0.2) is 24.4 Å². The van der Waals surface area contributed by atoms with E-state index in [2.05, 4.69) is 11.4 Å². The molecule has 2 rings (SSSR count). The van der Waals surface area contributed by atoms with E-state index in [-0.39, 0.29) is 12.4 Å². The number of aryl methyl sites for hydroxylation is 2. The third kappa shape index (κ3) is 4.76. The third-order valence-corrected chi connectivity index (χ3v) is 3.18. The minimum absolute atomic E-state index is 0.156. The maximum Gasteiger partial charge on any atom is 0.123 e. The summed E-state index contributed by atoms with van der Waals surface area (Å²) in [5.41, 5.74) is 3.31. The van der Waals surface area contributed by atoms with E-state index in [0.29, 0.717) is 12.3 Å². The second-order valence-electron chi connectivity index (χ2n) is 5.12. The minimum atomic E-state index is -0.644. The number of hydrogen-bond donors (Lipinski definition) is 2. The maximum absolute atomic E-state index is 12.7. The van der Waals surface area contributed by atoms with Crippen molar-refractivity contribution < 1.29 is 14.2 Å². The van der Waals surface area contributed by atoms with Gasteiger partial charge in [0.2, 0.25) is 0 Å². The molecule has 0 saturated carbocycles. The Kier molecular flexibility index (Phi) is 5.17. The monoisotopic (exact) mass is 289 g/mol. The summed E-state index contributed by atoms with van der Waals surface area (Å²) in [6.07, 6.45) is -0.644. The van der Waals surface area contributed by atoms with Crippen molar-refractivity contribution in [2.45, 2.75) is 20.0 Å². The zero-order valence-corrected chi connectivity index (χ0v) is 12.3. The molecule has 2 N–H and O–H groups in total. The van der Waals surface area contributed by atoms with E-state index in [1.54, 1.807) is 12.1 Å². The first-order valence-electron chi connectivity index (χ1n) is 6.92. The zero-order valence-electron chi connectivity index (χ0n) is 12.3. The first-order chi connectivity index (χ1) is 10.0. The van der Waals surface area contributed by atoms with Crippen LogP contribution in [0.5, 0.6) is 5.75 Å². The molecule has 0 aromatic heterocycles. The van der Waals surface area contributed by atoms with Crippen LogP contribution >= 0.6 is 0 Å². The lowest BCUT2D eigenvalue weighted by molar-refractivity contribution is 0.117. The van der Waals surface area contributed by atoms with Gasteiger partial charge in [-0.05, 0) is 55.3 Å². The Balaban J connectivity index is 1.80. The van der Waals surface area contributed by atoms with Gasteiger partial charge in [-0.3, -0.25) is 0 Å². The molecule has 0 bridgehead atoms. The van der Waals surface area contributed by atoms with E-state index >= 15 is 0 Å². The summed E-state index contributed by atoms with van der Waals surface area (Å²) in [6, 6.07) is 11.9. The average molecular weight is 289 g/mol. The molecule has 3 nitrogen and oxygen atoms in total. The number of halogens is 1. The summed E-state index contributed by atoms with van der Waals surface area (Å²) in [5, 5.41) is 13.1. The molecular formula is C17H20FNO2. The van der Waals surface area contributed by atoms with Gasteiger partial charge < -0.3 is 15.2 Å². The molecule has 0 aliphatic rings. The van der Waals surface area contributed by atoms with E-state index in [9.17, 15) is 9.50 Å². The number of benzene rings is 2. The summed E-state index contributed by atoms with van der Waals surface area (Å²) in [4.78, 5) is 0. The average Bonchev–Trinajstić information content (AvgIpc) is 2.47. The van der Waals surface area contributed by atoms with Crippen LogP contribution < -0.4 is 10.1 Å². The highest BCUT2D eigenvalue weighted by atomic mass is 19.1. The van der Waals surface area contributed by atoms with Crippen LogP contribution in [-0.2, 0) is 0 Å². The number of aliphatic hydroxyl groups is 1. The van der Waals surface area contributed by atoms with Crippen LogP contribution in [0.15, 0.2) is 42.5 Å². The molecule has 4 heteroatoms. The summed E-state index contributed by atoms with van der Waals surface area (Å²) < 4.78 is 18.2. The topological polar surface area (TPSA) is 41.5 Å². The van der Waals surface area contributed by atoms with Gasteiger partial charge in [0.25, 0.3) is 0 Å². The second-order valence-corrected chi connectivity index (χ2v) is 5.12. The van der Waals surface area contributed by atoms with Gasteiger partial charge in [0.05, 0.1) is 0 Å². The van der Waals surface area contributed by atoms with Crippen molar-refractivity contribution in [1.82, 2.24) is 0 Å². The second kappa shape index (κ2) is 7.09. The third-order valence-electron chi connectivity index (χ3n) is 3.18. The molecule has 2 aromatic carbocycles. The molecule has 0 spiro atoms. The summed E-state index contributed by atoms with van der Waals surface area (Å²) in [6.45, 7) is 4.59. The van der Waals surface area contributed by atoms with Crippen molar-refractivity contribution in [3.63, 3.8) is 0 Å². The van der Waals surface area contributed by atoms with E-state index in [4.69, 9.17) is 4.74 Å². The fourth-order valence-electron chi connectivity index (χ4n) is 1.94. The van der Waals surface area contributed by atoms with Crippen LogP contribution in [0, 0.1) is 19.7 Å². The van der Waals surface area contributed by atoms with Crippen molar-refractivity contribution >= 4 is 5.69 Å². The predicted octanol–water partition coefficient (Wildman–Crippen LogP) is 3.29. The molecule has 1 atom stereocenters. The smallest absolute Gasteiger partial charge is 0.123 e. The molecule has 0 saturated heterocycles. The Morgan fingerprint density at radius 2 is 1.86 bits per heavy atom. The molecule has 0 aliphatic carbocycles. The molecule has 2 aromatic rings. The first kappa shape index (κ1) is 15.3. The van der Waals surface area contributed by atoms with Gasteiger partial charge in [0, 0.05) is 12.2 Å². The number of nitrogens with one attached hydrogen (secondary N) is 1. The van der Waals surface area contributed by atoms with Crippen molar-refractivity contribution in [3.8, 4) is 5.75 Å². The van der Waals surface area contributed by atoms with Crippen molar-refractivity contribution in [2.24, 2.45) is 0 Å². The van der Waals surface area contributed by atoms with E-state index in [1.165, 1.54) is 17.7 Å². The lowest BCUT2D eigenvalue weighted by atomic mass is 10.1. The van der Waals surface area contributed by atoms with Crippen LogP contribution in [0.1, 0.15) is 11.1 Å². The lowest BCUT2D eigenvalue weighted by Gasteiger charge is -2.15. The van der Waals surface area contributed by atoms with Gasteiger partial charge in [0.15, 0.2) is 0 Å². The van der Waals surface area contributed by atoms with Crippen molar-refractivity contribution in [1.29, 1.82) is 0 Å². The summed E-state index contributed by atoms with van der Waals surface area (Å²) >= 11 is 0. The molecule has 0 amide bonds. The highest BCUT2D eigenvalue weighted by molar-refractivity contribution is 5.52. The Morgan fingerprint density at radius 1 is 1.14 bits per heavy atom. The van der Waals surface area contributed by atoms with E-state index in [1.807, 2.05) is 26.0 Å². The molecule has 21 heavy (non-hydrogen) atoms. The number of rotatable bonds is 6. The van der Waals surface area contributed by atoms with Gasteiger partial charge in [-0.15, -0.1) is 0 Å². The fourth-order valence-corrected chi connectivity index (χ4v) is 1.94. The first-order valence-corrected chi connectivity index (χ1v) is 6.92. The molecule has 0 radical (unpaired) electrons. The largest absolute Gasteiger partial charge is 0.491 e. The molecule has 1 unspecified atom stereocenters. The van der Waals surface area contributed by atoms with Crippen LogP contribution in [0.4, 0.5) is 10.1 Å². The highest BCUT2D eigenvalue weighted by Gasteiger charge is 2.06. The molecule has 0 heterocycles. The quantitative estimate of drug-likeness (QED) is 0.857. The predicted molar refractivity (Wildman–Crippen MR) is 82.3 cm³/mol. The Bertz CT molecular complexity index is 584. The van der Waals surface area contributed by atoms with Gasteiger partial charge >= 0.3 is 0 Å². The normalized spacial score (nSPS) is 12.0. The van der Waals surface area contributed by atoms with E-state index < -0.39 is 6.10 Å². The van der Waals surface area contributed by atoms with E-state index in [0.717, 1.165) is 11.3 Å². The molecule has 112 valence electrons. The van der Waals surface area contributed by atoms with Gasteiger partial charge in [0.1, 0.15) is 24.3 Å². The van der Waals surface area contributed by atoms with Gasteiger partial charge in [-0.2, -0.15) is 0 Å². The Morgan fingerprint density at radius 3 is 2.57 bits per heavy atom. The SMILES string of the molecule is Cc1ccc(C)c(NCC(O)COc2ccc(F)cc2)c1. The number of hydrogen-bond acceptors (Lipinski definition) is 3. The fraction of sp³-hybridized carbons (Fsp3) is 0.294. The lowest BCUT2D eigenvalue weighted by Crippen LogP contribution is -2.26. The zero-order chi connectivity index (χ0) is 15.2. The van der Waals surface area contributed by atoms with Crippen LogP contribution in [0.25, 0.3) is 0 Å². The maximum atomic E-state index is 12.7. The minimum Gasteiger partial charge on any atom is -0.491 e. The van der Waals surface area contributed by atoms with Crippen molar-refractivity contribution in [3.05, 3.63) is 59.4 Å². The standard InChI is InChI=1S/C17H20FNO2/c1-12-3-4-13(2)17(9-12)19-10-15(20)11-21-16-7-5-14(18)6-8-16/h3-9,15,19-20H,10-11H2,1-2H3. The van der Waals surface area contributed by atoms with Crippen LogP contribution in [0.2, 0.25) is 0 Å². The van der Waals surface area contributed by atoms with Gasteiger partial charge in [-0.25, -0.2) is 4.39 Å². The van der Waals surface area contributed by atoms with Gasteiger partial charge in [-0.1, -0.05) is 12.1 Å². The Hall–Kier alpha value is -2.07. The Labute approximate surface area is 124 Å². The number of ether oxygens (including phenoxy) is 1.